The number of nitrogens with one attached hydrogen (secondary N) is 3. The largest absolute Gasteiger partial charge is 0.474 e. The molecule has 3 aromatic rings. The van der Waals surface area contributed by atoms with Gasteiger partial charge in [-0.15, -0.1) is 0 Å². The Labute approximate surface area is 237 Å². The Balaban J connectivity index is 1.61. The fourth-order valence-electron chi connectivity index (χ4n) is 4.79. The number of sulfonamides is 1. The molecule has 0 radical (unpaired) electrons. The van der Waals surface area contributed by atoms with Gasteiger partial charge in [0.15, 0.2) is 5.96 Å². The monoisotopic (exact) mass is 580 g/mol. The maximum Gasteiger partial charge on any atom is 0.394 e. The molecule has 4 rings (SSSR count). The topological polar surface area (TPSA) is 186 Å². The predicted molar refractivity (Wildman–Crippen MR) is 154 cm³/mol. The van der Waals surface area contributed by atoms with Crippen molar-refractivity contribution in [3.63, 3.8) is 0 Å². The highest BCUT2D eigenvalue weighted by atomic mass is 32.2. The lowest BCUT2D eigenvalue weighted by Gasteiger charge is -2.33. The number of carbonyl (C=O) groups excluding carboxylic acids is 2. The summed E-state index contributed by atoms with van der Waals surface area (Å²) in [7, 11) is -4.28. The first kappa shape index (κ1) is 29.5. The molecule has 0 saturated carbocycles. The Kier molecular flexibility index (Phi) is 9.20. The number of nitrogens with zero attached hydrogens (tertiary/aromatic N) is 2. The smallest absolute Gasteiger partial charge is 0.394 e. The normalized spacial score (nSPS) is 16.1. The number of carbonyl (C=O) groups is 3. The molecule has 1 heterocycles. The minimum absolute atomic E-state index is 0.0415. The number of benzene rings is 3. The van der Waals surface area contributed by atoms with Crippen LogP contribution in [0.2, 0.25) is 0 Å². The van der Waals surface area contributed by atoms with E-state index in [2.05, 4.69) is 10.0 Å². The van der Waals surface area contributed by atoms with Crippen LogP contribution in [0.15, 0.2) is 77.7 Å². The second-order valence-corrected chi connectivity index (χ2v) is 11.5. The predicted octanol–water partition coefficient (Wildman–Crippen LogP) is 1.33. The Morgan fingerprint density at radius 1 is 1.05 bits per heavy atom. The maximum atomic E-state index is 13.5. The van der Waals surface area contributed by atoms with Gasteiger partial charge in [0.1, 0.15) is 6.04 Å². The summed E-state index contributed by atoms with van der Waals surface area (Å²) < 4.78 is 29.4. The summed E-state index contributed by atoms with van der Waals surface area (Å²) >= 11 is 0. The lowest BCUT2D eigenvalue weighted by Crippen LogP contribution is -2.55. The zero-order valence-electron chi connectivity index (χ0n) is 22.2. The lowest BCUT2D eigenvalue weighted by atomic mass is 9.98. The lowest BCUT2D eigenvalue weighted by molar-refractivity contribution is -0.148. The van der Waals surface area contributed by atoms with E-state index in [1.165, 1.54) is 24.3 Å². The van der Waals surface area contributed by atoms with Crippen molar-refractivity contribution in [3.8, 4) is 0 Å². The highest BCUT2D eigenvalue weighted by molar-refractivity contribution is 7.89. The van der Waals surface area contributed by atoms with Crippen molar-refractivity contribution in [2.24, 2.45) is 11.7 Å². The van der Waals surface area contributed by atoms with Gasteiger partial charge in [0.05, 0.1) is 11.4 Å². The van der Waals surface area contributed by atoms with Gasteiger partial charge in [-0.25, -0.2) is 13.2 Å². The third kappa shape index (κ3) is 7.38. The Bertz CT molecular complexity index is 1550. The standard InChI is InChI=1S/C28H32N6O6S/c29-28(30)33-14-6-7-19(17-33)16-31-25(35)24(18-34(26(36)27(37)38)22-10-2-1-3-11-22)32-41(39,40)23-13-12-20-8-4-5-9-21(20)15-23/h1-5,8-13,15,19,24,32H,6-7,14,16-18H2,(H3,29,30)(H,31,35)(H,37,38)/t19-,24+/m0/s1. The number of hydrogen-bond acceptors (Lipinski definition) is 6. The average Bonchev–Trinajstić information content (AvgIpc) is 2.97. The van der Waals surface area contributed by atoms with Gasteiger partial charge in [-0.2, -0.15) is 4.72 Å². The van der Waals surface area contributed by atoms with E-state index in [0.29, 0.717) is 18.5 Å². The first-order valence-corrected chi connectivity index (χ1v) is 14.5. The molecule has 12 nitrogen and oxygen atoms in total. The minimum Gasteiger partial charge on any atom is -0.474 e. The number of nitrogens with two attached hydrogens (primary N) is 1. The van der Waals surface area contributed by atoms with Gasteiger partial charge in [-0.3, -0.25) is 15.0 Å². The number of amides is 2. The van der Waals surface area contributed by atoms with E-state index in [1.54, 1.807) is 41.3 Å². The number of hydrogen-bond donors (Lipinski definition) is 5. The van der Waals surface area contributed by atoms with Gasteiger partial charge in [0.25, 0.3) is 0 Å². The molecule has 2 amide bonds. The second kappa shape index (κ2) is 12.8. The van der Waals surface area contributed by atoms with Crippen molar-refractivity contribution in [1.82, 2.24) is 14.9 Å². The van der Waals surface area contributed by atoms with Gasteiger partial charge < -0.3 is 26.0 Å². The van der Waals surface area contributed by atoms with Crippen molar-refractivity contribution in [2.75, 3.05) is 31.1 Å². The molecule has 0 unspecified atom stereocenters. The number of aliphatic carboxylic acids is 1. The van der Waals surface area contributed by atoms with Crippen LogP contribution in [0.1, 0.15) is 12.8 Å². The SMILES string of the molecule is N=C(N)N1CCC[C@@H](CNC(=O)[C@@H](CN(C(=O)C(=O)O)c2ccccc2)NS(=O)(=O)c2ccc3ccccc3c2)C1. The summed E-state index contributed by atoms with van der Waals surface area (Å²) in [4.78, 5) is 40.3. The van der Waals surface area contributed by atoms with Crippen LogP contribution in [0.3, 0.4) is 0 Å². The number of carboxylic acids is 1. The van der Waals surface area contributed by atoms with E-state index < -0.39 is 40.4 Å². The summed E-state index contributed by atoms with van der Waals surface area (Å²) in [6, 6.07) is 18.0. The summed E-state index contributed by atoms with van der Waals surface area (Å²) in [5, 5.41) is 21.4. The Morgan fingerprint density at radius 2 is 1.73 bits per heavy atom. The average molecular weight is 581 g/mol. The summed E-state index contributed by atoms with van der Waals surface area (Å²) in [5.74, 6) is -3.90. The van der Waals surface area contributed by atoms with Crippen LogP contribution < -0.4 is 20.7 Å². The number of carboxylic acid groups (broad SMARTS) is 1. The second-order valence-electron chi connectivity index (χ2n) is 9.82. The molecule has 1 aliphatic rings. The third-order valence-corrected chi connectivity index (χ3v) is 8.40. The summed E-state index contributed by atoms with van der Waals surface area (Å²) in [5.41, 5.74) is 5.80. The van der Waals surface area contributed by atoms with Gasteiger partial charge in [0.2, 0.25) is 15.9 Å². The van der Waals surface area contributed by atoms with Crippen molar-refractivity contribution >= 4 is 50.2 Å². The first-order chi connectivity index (χ1) is 19.5. The molecule has 0 spiro atoms. The molecule has 6 N–H and O–H groups in total. The number of para-hydroxylation sites is 1. The van der Waals surface area contributed by atoms with E-state index >= 15 is 0 Å². The molecule has 3 aromatic carbocycles. The van der Waals surface area contributed by atoms with E-state index in [4.69, 9.17) is 11.1 Å². The number of likely N-dealkylation sites (tertiary alicyclic amines) is 1. The van der Waals surface area contributed by atoms with Crippen LogP contribution in [-0.4, -0.2) is 74.4 Å². The summed E-state index contributed by atoms with van der Waals surface area (Å²) in [6.45, 7) is 0.696. The Hall–Kier alpha value is -4.49. The van der Waals surface area contributed by atoms with Crippen molar-refractivity contribution in [3.05, 3.63) is 72.8 Å². The zero-order chi connectivity index (χ0) is 29.6. The van der Waals surface area contributed by atoms with E-state index in [-0.39, 0.29) is 29.0 Å². The van der Waals surface area contributed by atoms with Crippen LogP contribution in [-0.2, 0) is 24.4 Å². The van der Waals surface area contributed by atoms with Gasteiger partial charge in [0, 0.05) is 25.3 Å². The molecule has 1 fully saturated rings. The Morgan fingerprint density at radius 3 is 2.41 bits per heavy atom. The fraction of sp³-hybridized carbons (Fsp3) is 0.286. The summed E-state index contributed by atoms with van der Waals surface area (Å²) in [6.07, 6.45) is 1.54. The van der Waals surface area contributed by atoms with E-state index in [9.17, 15) is 27.9 Å². The quantitative estimate of drug-likeness (QED) is 0.142. The molecular weight excluding hydrogens is 548 g/mol. The zero-order valence-corrected chi connectivity index (χ0v) is 23.0. The highest BCUT2D eigenvalue weighted by Crippen LogP contribution is 2.21. The number of anilines is 1. The van der Waals surface area contributed by atoms with Crippen molar-refractivity contribution in [2.45, 2.75) is 23.8 Å². The molecular formula is C28H32N6O6S. The number of guanidine groups is 1. The highest BCUT2D eigenvalue weighted by Gasteiger charge is 2.33. The van der Waals surface area contributed by atoms with Crippen LogP contribution in [0.25, 0.3) is 10.8 Å². The molecule has 1 saturated heterocycles. The molecule has 0 aliphatic carbocycles. The molecule has 13 heteroatoms. The van der Waals surface area contributed by atoms with Gasteiger partial charge >= 0.3 is 11.9 Å². The first-order valence-electron chi connectivity index (χ1n) is 13.0. The minimum atomic E-state index is -4.28. The third-order valence-electron chi connectivity index (χ3n) is 6.93. The molecule has 216 valence electrons. The van der Waals surface area contributed by atoms with E-state index in [0.717, 1.165) is 23.1 Å². The van der Waals surface area contributed by atoms with Crippen LogP contribution in [0.5, 0.6) is 0 Å². The molecule has 0 aromatic heterocycles. The van der Waals surface area contributed by atoms with Crippen molar-refractivity contribution < 1.29 is 27.9 Å². The van der Waals surface area contributed by atoms with E-state index in [1.807, 2.05) is 12.1 Å². The molecule has 41 heavy (non-hydrogen) atoms. The van der Waals surface area contributed by atoms with Crippen LogP contribution in [0.4, 0.5) is 5.69 Å². The number of fused-ring (bicyclic) bond motifs is 1. The number of rotatable bonds is 9. The van der Waals surface area contributed by atoms with Gasteiger partial charge in [-0.1, -0.05) is 48.5 Å². The molecule has 1 aliphatic heterocycles. The number of piperidine rings is 1. The van der Waals surface area contributed by atoms with Crippen LogP contribution >= 0.6 is 0 Å². The van der Waals surface area contributed by atoms with Crippen molar-refractivity contribution in [1.29, 1.82) is 5.41 Å². The van der Waals surface area contributed by atoms with Crippen LogP contribution in [0, 0.1) is 11.3 Å². The fourth-order valence-corrected chi connectivity index (χ4v) is 6.02. The molecule has 2 atom stereocenters. The maximum absolute atomic E-state index is 13.5. The van der Waals surface area contributed by atoms with Gasteiger partial charge in [-0.05, 0) is 53.8 Å². The molecule has 0 bridgehead atoms.